The van der Waals surface area contributed by atoms with Crippen molar-refractivity contribution >= 4 is 5.97 Å². The first-order valence-electron chi connectivity index (χ1n) is 5.33. The molecule has 16 heavy (non-hydrogen) atoms. The average Bonchev–Trinajstić information content (AvgIpc) is 2.25. The van der Waals surface area contributed by atoms with Crippen molar-refractivity contribution in [3.63, 3.8) is 0 Å². The lowest BCUT2D eigenvalue weighted by Gasteiger charge is -2.09. The van der Waals surface area contributed by atoms with E-state index in [1.165, 1.54) is 17.0 Å². The van der Waals surface area contributed by atoms with Crippen molar-refractivity contribution in [2.45, 2.75) is 6.42 Å². The molecule has 0 aliphatic rings. The molecular formula is C12H17NO3. The molecule has 0 heterocycles. The summed E-state index contributed by atoms with van der Waals surface area (Å²) in [5.74, 6) is -0.471. The van der Waals surface area contributed by atoms with Crippen molar-refractivity contribution in [2.75, 3.05) is 27.2 Å². The molecule has 0 unspecified atom stereocenters. The molecule has 0 radical (unpaired) electrons. The Morgan fingerprint density at radius 2 is 1.94 bits per heavy atom. The van der Waals surface area contributed by atoms with Crippen LogP contribution in [-0.2, 0) is 0 Å². The van der Waals surface area contributed by atoms with E-state index in [0.29, 0.717) is 12.4 Å². The minimum Gasteiger partial charge on any atom is -0.545 e. The summed E-state index contributed by atoms with van der Waals surface area (Å²) >= 11 is 0. The van der Waals surface area contributed by atoms with E-state index < -0.39 is 5.97 Å². The van der Waals surface area contributed by atoms with E-state index in [1.807, 2.05) is 0 Å². The number of carboxylic acids is 1. The lowest BCUT2D eigenvalue weighted by Crippen LogP contribution is -3.05. The van der Waals surface area contributed by atoms with E-state index in [2.05, 4.69) is 14.1 Å². The van der Waals surface area contributed by atoms with E-state index in [9.17, 15) is 9.90 Å². The summed E-state index contributed by atoms with van der Waals surface area (Å²) in [6.45, 7) is 1.70. The Bertz CT molecular complexity index is 333. The fourth-order valence-electron chi connectivity index (χ4n) is 1.30. The number of rotatable bonds is 6. The van der Waals surface area contributed by atoms with E-state index in [-0.39, 0.29) is 5.56 Å². The largest absolute Gasteiger partial charge is 0.545 e. The van der Waals surface area contributed by atoms with Gasteiger partial charge >= 0.3 is 0 Å². The maximum atomic E-state index is 10.5. The minimum atomic E-state index is -1.16. The molecule has 0 saturated carbocycles. The van der Waals surface area contributed by atoms with Crippen molar-refractivity contribution in [2.24, 2.45) is 0 Å². The Hall–Kier alpha value is -1.55. The molecule has 4 nitrogen and oxygen atoms in total. The smallest absolute Gasteiger partial charge is 0.119 e. The molecule has 1 N–H and O–H groups in total. The van der Waals surface area contributed by atoms with Gasteiger partial charge in [0.25, 0.3) is 0 Å². The number of ether oxygens (including phenoxy) is 1. The maximum absolute atomic E-state index is 10.5. The van der Waals surface area contributed by atoms with Gasteiger partial charge in [-0.05, 0) is 29.8 Å². The van der Waals surface area contributed by atoms with Crippen LogP contribution in [0, 0.1) is 0 Å². The van der Waals surface area contributed by atoms with Crippen molar-refractivity contribution in [3.05, 3.63) is 29.8 Å². The molecule has 0 spiro atoms. The number of benzene rings is 1. The number of carbonyl (C=O) groups is 1. The van der Waals surface area contributed by atoms with Gasteiger partial charge in [-0.25, -0.2) is 0 Å². The fraction of sp³-hybridized carbons (Fsp3) is 0.417. The number of nitrogens with one attached hydrogen (secondary N) is 1. The highest BCUT2D eigenvalue weighted by Gasteiger charge is 1.97. The molecule has 1 aromatic carbocycles. The molecule has 0 bridgehead atoms. The molecular weight excluding hydrogens is 206 g/mol. The summed E-state index contributed by atoms with van der Waals surface area (Å²) in [5.41, 5.74) is 0.171. The number of quaternary nitrogens is 1. The Labute approximate surface area is 95.5 Å². The topological polar surface area (TPSA) is 53.8 Å². The first kappa shape index (κ1) is 12.5. The highest BCUT2D eigenvalue weighted by atomic mass is 16.5. The molecule has 1 rings (SSSR count). The van der Waals surface area contributed by atoms with Gasteiger partial charge in [-0.3, -0.25) is 0 Å². The van der Waals surface area contributed by atoms with Crippen LogP contribution in [0.15, 0.2) is 24.3 Å². The summed E-state index contributed by atoms with van der Waals surface area (Å²) in [7, 11) is 4.18. The number of hydrogen-bond donors (Lipinski definition) is 1. The third-order valence-corrected chi connectivity index (χ3v) is 2.18. The van der Waals surface area contributed by atoms with Crippen LogP contribution in [0.25, 0.3) is 0 Å². The summed E-state index contributed by atoms with van der Waals surface area (Å²) in [6, 6.07) is 6.27. The summed E-state index contributed by atoms with van der Waals surface area (Å²) in [6.07, 6.45) is 0.977. The monoisotopic (exact) mass is 223 g/mol. The van der Waals surface area contributed by atoms with Crippen LogP contribution in [0.5, 0.6) is 5.75 Å². The highest BCUT2D eigenvalue weighted by Crippen LogP contribution is 2.11. The first-order valence-corrected chi connectivity index (χ1v) is 5.33. The number of carbonyl (C=O) groups excluding carboxylic acids is 1. The normalized spacial score (nSPS) is 10.4. The quantitative estimate of drug-likeness (QED) is 0.627. The van der Waals surface area contributed by atoms with Gasteiger partial charge in [0.05, 0.1) is 33.2 Å². The van der Waals surface area contributed by atoms with Gasteiger partial charge in [0.1, 0.15) is 5.75 Å². The molecule has 1 aromatic rings. The Balaban J connectivity index is 2.35. The van der Waals surface area contributed by atoms with Gasteiger partial charge in [-0.2, -0.15) is 0 Å². The van der Waals surface area contributed by atoms with Gasteiger partial charge in [-0.15, -0.1) is 0 Å². The molecule has 0 aromatic heterocycles. The van der Waals surface area contributed by atoms with Crippen LogP contribution in [-0.4, -0.2) is 33.2 Å². The lowest BCUT2D eigenvalue weighted by atomic mass is 10.2. The molecule has 0 atom stereocenters. The molecule has 0 saturated heterocycles. The van der Waals surface area contributed by atoms with Crippen LogP contribution >= 0.6 is 0 Å². The molecule has 88 valence electrons. The van der Waals surface area contributed by atoms with E-state index in [1.54, 1.807) is 12.1 Å². The summed E-state index contributed by atoms with van der Waals surface area (Å²) in [4.78, 5) is 11.9. The van der Waals surface area contributed by atoms with Crippen molar-refractivity contribution in [3.8, 4) is 5.75 Å². The van der Waals surface area contributed by atoms with E-state index in [0.717, 1.165) is 13.0 Å². The maximum Gasteiger partial charge on any atom is 0.119 e. The second-order valence-electron chi connectivity index (χ2n) is 3.97. The van der Waals surface area contributed by atoms with Gasteiger partial charge in [0.2, 0.25) is 0 Å². The van der Waals surface area contributed by atoms with Crippen molar-refractivity contribution < 1.29 is 19.5 Å². The van der Waals surface area contributed by atoms with E-state index in [4.69, 9.17) is 4.74 Å². The molecule has 0 fully saturated rings. The lowest BCUT2D eigenvalue weighted by molar-refractivity contribution is -0.858. The number of carboxylic acid groups (broad SMARTS) is 1. The first-order chi connectivity index (χ1) is 7.59. The van der Waals surface area contributed by atoms with Gasteiger partial charge in [0.15, 0.2) is 0 Å². The van der Waals surface area contributed by atoms with Crippen LogP contribution in [0.2, 0.25) is 0 Å². The zero-order valence-electron chi connectivity index (χ0n) is 9.66. The van der Waals surface area contributed by atoms with Gasteiger partial charge in [-0.1, -0.05) is 0 Å². The minimum absolute atomic E-state index is 0.171. The average molecular weight is 223 g/mol. The third kappa shape index (κ3) is 4.31. The molecule has 0 aliphatic heterocycles. The second-order valence-corrected chi connectivity index (χ2v) is 3.97. The fourth-order valence-corrected chi connectivity index (χ4v) is 1.30. The summed E-state index contributed by atoms with van der Waals surface area (Å²) < 4.78 is 5.46. The van der Waals surface area contributed by atoms with Crippen LogP contribution in [0.3, 0.4) is 0 Å². The third-order valence-electron chi connectivity index (χ3n) is 2.18. The summed E-state index contributed by atoms with van der Waals surface area (Å²) in [5, 5.41) is 10.5. The predicted octanol–water partition coefficient (Wildman–Crippen LogP) is -1.04. The SMILES string of the molecule is C[NH+](C)CCCOc1ccc(C(=O)[O-])cc1. The number of hydrogen-bond acceptors (Lipinski definition) is 3. The molecule has 0 amide bonds. The van der Waals surface area contributed by atoms with Crippen molar-refractivity contribution in [1.82, 2.24) is 0 Å². The second kappa shape index (κ2) is 6.12. The zero-order chi connectivity index (χ0) is 12.0. The van der Waals surface area contributed by atoms with Gasteiger partial charge < -0.3 is 19.5 Å². The van der Waals surface area contributed by atoms with Crippen LogP contribution in [0.4, 0.5) is 0 Å². The molecule has 0 aliphatic carbocycles. The zero-order valence-corrected chi connectivity index (χ0v) is 9.66. The molecule has 4 heteroatoms. The highest BCUT2D eigenvalue weighted by molar-refractivity contribution is 5.85. The Kier molecular flexibility index (Phi) is 4.79. The van der Waals surface area contributed by atoms with E-state index >= 15 is 0 Å². The van der Waals surface area contributed by atoms with Crippen LogP contribution in [0.1, 0.15) is 16.8 Å². The number of aromatic carboxylic acids is 1. The van der Waals surface area contributed by atoms with Gasteiger partial charge in [0, 0.05) is 6.42 Å². The Morgan fingerprint density at radius 1 is 1.31 bits per heavy atom. The predicted molar refractivity (Wildman–Crippen MR) is 58.6 cm³/mol. The van der Waals surface area contributed by atoms with Crippen molar-refractivity contribution in [1.29, 1.82) is 0 Å². The van der Waals surface area contributed by atoms with Crippen LogP contribution < -0.4 is 14.7 Å². The Morgan fingerprint density at radius 3 is 2.44 bits per heavy atom. The standard InChI is InChI=1S/C12H17NO3/c1-13(2)8-3-9-16-11-6-4-10(5-7-11)12(14)15/h4-7H,3,8-9H2,1-2H3,(H,14,15).